The van der Waals surface area contributed by atoms with E-state index in [1.165, 1.54) is 18.2 Å². The summed E-state index contributed by atoms with van der Waals surface area (Å²) < 4.78 is 28.3. The third-order valence-corrected chi connectivity index (χ3v) is 4.21. The van der Waals surface area contributed by atoms with Crippen molar-refractivity contribution in [3.05, 3.63) is 61.5 Å². The van der Waals surface area contributed by atoms with Crippen LogP contribution >= 0.6 is 43.5 Å². The highest BCUT2D eigenvalue weighted by Gasteiger charge is 2.15. The van der Waals surface area contributed by atoms with E-state index in [0.29, 0.717) is 15.7 Å². The second-order valence-corrected chi connectivity index (χ2v) is 6.45. The molecule has 0 radical (unpaired) electrons. The van der Waals surface area contributed by atoms with Crippen LogP contribution in [0.25, 0.3) is 0 Å². The van der Waals surface area contributed by atoms with Gasteiger partial charge in [0.05, 0.1) is 16.8 Å². The SMILES string of the molecule is CC(Nc1c(Cl)cc(F)cc1Br)c1cc(Br)ccc1F. The lowest BCUT2D eigenvalue weighted by Crippen LogP contribution is -2.09. The van der Waals surface area contributed by atoms with E-state index >= 15 is 0 Å². The summed E-state index contributed by atoms with van der Waals surface area (Å²) in [4.78, 5) is 0. The Morgan fingerprint density at radius 2 is 1.85 bits per heavy atom. The molecule has 0 saturated heterocycles. The van der Waals surface area contributed by atoms with Crippen LogP contribution in [0.15, 0.2) is 39.3 Å². The van der Waals surface area contributed by atoms with E-state index in [1.54, 1.807) is 19.1 Å². The third-order valence-electron chi connectivity index (χ3n) is 2.79. The van der Waals surface area contributed by atoms with Crippen LogP contribution in [-0.2, 0) is 0 Å². The van der Waals surface area contributed by atoms with Crippen molar-refractivity contribution in [2.45, 2.75) is 13.0 Å². The minimum atomic E-state index is -0.436. The minimum absolute atomic E-state index is 0.235. The second kappa shape index (κ2) is 6.41. The fraction of sp³-hybridized carbons (Fsp3) is 0.143. The van der Waals surface area contributed by atoms with Gasteiger partial charge in [-0.15, -0.1) is 0 Å². The van der Waals surface area contributed by atoms with E-state index < -0.39 is 5.82 Å². The molecule has 1 atom stereocenters. The minimum Gasteiger partial charge on any atom is -0.376 e. The van der Waals surface area contributed by atoms with Crippen molar-refractivity contribution in [2.75, 3.05) is 5.32 Å². The monoisotopic (exact) mass is 423 g/mol. The molecule has 2 aromatic rings. The normalized spacial score (nSPS) is 12.3. The summed E-state index contributed by atoms with van der Waals surface area (Å²) in [7, 11) is 0. The largest absolute Gasteiger partial charge is 0.376 e. The first kappa shape index (κ1) is 15.7. The molecule has 1 unspecified atom stereocenters. The molecule has 0 aromatic heterocycles. The first-order valence-electron chi connectivity index (χ1n) is 5.74. The van der Waals surface area contributed by atoms with Gasteiger partial charge in [-0.1, -0.05) is 27.5 Å². The van der Waals surface area contributed by atoms with Gasteiger partial charge in [-0.05, 0) is 53.2 Å². The number of halogens is 5. The first-order valence-corrected chi connectivity index (χ1v) is 7.71. The zero-order valence-electron chi connectivity index (χ0n) is 10.4. The predicted molar refractivity (Wildman–Crippen MR) is 85.2 cm³/mol. The Morgan fingerprint density at radius 1 is 1.15 bits per heavy atom. The third kappa shape index (κ3) is 3.51. The number of hydrogen-bond donors (Lipinski definition) is 1. The van der Waals surface area contributed by atoms with Gasteiger partial charge < -0.3 is 5.32 Å². The molecule has 0 saturated carbocycles. The van der Waals surface area contributed by atoms with Gasteiger partial charge in [-0.3, -0.25) is 0 Å². The Hall–Kier alpha value is -0.650. The predicted octanol–water partition coefficient (Wildman–Crippen LogP) is 6.32. The number of anilines is 1. The van der Waals surface area contributed by atoms with Gasteiger partial charge in [0.1, 0.15) is 11.6 Å². The lowest BCUT2D eigenvalue weighted by molar-refractivity contribution is 0.599. The van der Waals surface area contributed by atoms with Crippen LogP contribution in [0.3, 0.4) is 0 Å². The molecule has 1 nitrogen and oxygen atoms in total. The summed E-state index contributed by atoms with van der Waals surface area (Å²) in [6.07, 6.45) is 0. The van der Waals surface area contributed by atoms with Crippen molar-refractivity contribution in [3.8, 4) is 0 Å². The van der Waals surface area contributed by atoms with Crippen molar-refractivity contribution in [1.82, 2.24) is 0 Å². The highest BCUT2D eigenvalue weighted by molar-refractivity contribution is 9.10. The van der Waals surface area contributed by atoms with Gasteiger partial charge in [-0.2, -0.15) is 0 Å². The maximum absolute atomic E-state index is 13.8. The molecular formula is C14H10Br2ClF2N. The summed E-state index contributed by atoms with van der Waals surface area (Å²) in [5, 5.41) is 3.32. The smallest absolute Gasteiger partial charge is 0.128 e. The molecule has 0 aliphatic carbocycles. The Kier molecular flexibility index (Phi) is 5.04. The Labute approximate surface area is 137 Å². The highest BCUT2D eigenvalue weighted by Crippen LogP contribution is 2.35. The summed E-state index contributed by atoms with van der Waals surface area (Å²) in [6.45, 7) is 1.80. The standard InChI is InChI=1S/C14H10Br2ClF2N/c1-7(10-4-8(15)2-3-13(10)19)20-14-11(16)5-9(18)6-12(14)17/h2-7,20H,1H3. The van der Waals surface area contributed by atoms with Gasteiger partial charge in [-0.25, -0.2) is 8.78 Å². The van der Waals surface area contributed by atoms with Crippen LogP contribution in [0.5, 0.6) is 0 Å². The van der Waals surface area contributed by atoms with Crippen LogP contribution in [-0.4, -0.2) is 0 Å². The first-order chi connectivity index (χ1) is 9.38. The maximum Gasteiger partial charge on any atom is 0.128 e. The molecule has 20 heavy (non-hydrogen) atoms. The van der Waals surface area contributed by atoms with Crippen LogP contribution in [0.1, 0.15) is 18.5 Å². The quantitative estimate of drug-likeness (QED) is 0.607. The molecule has 1 N–H and O–H groups in total. The molecule has 0 heterocycles. The molecule has 0 bridgehead atoms. The van der Waals surface area contributed by atoms with Crippen molar-refractivity contribution >= 4 is 49.1 Å². The number of rotatable bonds is 3. The fourth-order valence-corrected chi connectivity index (χ4v) is 3.12. The van der Waals surface area contributed by atoms with Gasteiger partial charge in [0, 0.05) is 14.5 Å². The number of benzene rings is 2. The van der Waals surface area contributed by atoms with Gasteiger partial charge >= 0.3 is 0 Å². The summed E-state index contributed by atoms with van der Waals surface area (Å²) in [6, 6.07) is 6.90. The van der Waals surface area contributed by atoms with E-state index in [2.05, 4.69) is 37.2 Å². The Bertz CT molecular complexity index is 626. The van der Waals surface area contributed by atoms with E-state index in [1.807, 2.05) is 0 Å². The molecule has 6 heteroatoms. The average Bonchev–Trinajstić information content (AvgIpc) is 2.36. The van der Waals surface area contributed by atoms with Crippen LogP contribution < -0.4 is 5.32 Å². The molecule has 0 aliphatic heterocycles. The van der Waals surface area contributed by atoms with Gasteiger partial charge in [0.2, 0.25) is 0 Å². The van der Waals surface area contributed by atoms with Crippen LogP contribution in [0.4, 0.5) is 14.5 Å². The molecule has 2 rings (SSSR count). The van der Waals surface area contributed by atoms with Crippen molar-refractivity contribution in [1.29, 1.82) is 0 Å². The fourth-order valence-electron chi connectivity index (χ4n) is 1.82. The summed E-state index contributed by atoms with van der Waals surface area (Å²) >= 11 is 12.6. The second-order valence-electron chi connectivity index (χ2n) is 4.28. The molecular weight excluding hydrogens is 415 g/mol. The topological polar surface area (TPSA) is 12.0 Å². The zero-order chi connectivity index (χ0) is 14.9. The van der Waals surface area contributed by atoms with Gasteiger partial charge in [0.15, 0.2) is 0 Å². The molecule has 0 spiro atoms. The lowest BCUT2D eigenvalue weighted by Gasteiger charge is -2.19. The molecule has 0 amide bonds. The van der Waals surface area contributed by atoms with E-state index in [0.717, 1.165) is 4.47 Å². The zero-order valence-corrected chi connectivity index (χ0v) is 14.3. The molecule has 0 aliphatic rings. The van der Waals surface area contributed by atoms with E-state index in [9.17, 15) is 8.78 Å². The van der Waals surface area contributed by atoms with Crippen molar-refractivity contribution in [3.63, 3.8) is 0 Å². The van der Waals surface area contributed by atoms with E-state index in [-0.39, 0.29) is 16.9 Å². The molecule has 0 fully saturated rings. The Balaban J connectivity index is 2.32. The highest BCUT2D eigenvalue weighted by atomic mass is 79.9. The maximum atomic E-state index is 13.8. The molecule has 106 valence electrons. The average molecular weight is 425 g/mol. The van der Waals surface area contributed by atoms with Crippen molar-refractivity contribution in [2.24, 2.45) is 0 Å². The number of nitrogens with one attached hydrogen (secondary N) is 1. The Morgan fingerprint density at radius 3 is 2.50 bits per heavy atom. The summed E-state index contributed by atoms with van der Waals surface area (Å²) in [5.41, 5.74) is 1.02. The van der Waals surface area contributed by atoms with Crippen LogP contribution in [0, 0.1) is 11.6 Å². The van der Waals surface area contributed by atoms with Crippen molar-refractivity contribution < 1.29 is 8.78 Å². The van der Waals surface area contributed by atoms with E-state index in [4.69, 9.17) is 11.6 Å². The van der Waals surface area contributed by atoms with Crippen LogP contribution in [0.2, 0.25) is 5.02 Å². The summed E-state index contributed by atoms with van der Waals surface area (Å²) in [5.74, 6) is -0.753. The lowest BCUT2D eigenvalue weighted by atomic mass is 10.1. The molecule has 2 aromatic carbocycles. The van der Waals surface area contributed by atoms with Gasteiger partial charge in [0.25, 0.3) is 0 Å². The number of hydrogen-bond acceptors (Lipinski definition) is 1.